The van der Waals surface area contributed by atoms with Crippen molar-refractivity contribution >= 4 is 27.1 Å². The number of amides is 1. The molecule has 1 amide bonds. The van der Waals surface area contributed by atoms with E-state index in [-0.39, 0.29) is 5.91 Å². The molecule has 88 valence electrons. The highest BCUT2D eigenvalue weighted by molar-refractivity contribution is 7.91. The molecule has 0 spiro atoms. The predicted molar refractivity (Wildman–Crippen MR) is 63.5 cm³/mol. The van der Waals surface area contributed by atoms with Crippen LogP contribution in [0.5, 0.6) is 0 Å². The first-order valence-electron chi connectivity index (χ1n) is 4.99. The van der Waals surface area contributed by atoms with Gasteiger partial charge in [0.05, 0.1) is 10.8 Å². The fraction of sp³-hybridized carbons (Fsp3) is 0.500. The molecular weight excluding hydrogens is 246 g/mol. The maximum atomic E-state index is 11.9. The molecular formula is C10H13NO3S2. The van der Waals surface area contributed by atoms with Crippen molar-refractivity contribution in [2.24, 2.45) is 0 Å². The Kier molecular flexibility index (Phi) is 3.03. The van der Waals surface area contributed by atoms with Gasteiger partial charge in [0.2, 0.25) is 0 Å². The minimum atomic E-state index is -3.03. The number of hydrogen-bond donors (Lipinski definition) is 0. The zero-order chi connectivity index (χ0) is 11.8. The van der Waals surface area contributed by atoms with E-state index in [1.165, 1.54) is 17.6 Å². The van der Waals surface area contributed by atoms with E-state index in [1.54, 1.807) is 16.3 Å². The lowest BCUT2D eigenvalue weighted by atomic mass is 10.3. The van der Waals surface area contributed by atoms with Gasteiger partial charge in [-0.3, -0.25) is 4.79 Å². The molecule has 16 heavy (non-hydrogen) atoms. The lowest BCUT2D eigenvalue weighted by Gasteiger charge is -2.15. The van der Waals surface area contributed by atoms with Gasteiger partial charge in [-0.1, -0.05) is 0 Å². The highest BCUT2D eigenvalue weighted by Crippen LogP contribution is 2.19. The average molecular weight is 259 g/mol. The summed E-state index contributed by atoms with van der Waals surface area (Å²) in [6.07, 6.45) is 1.78. The molecule has 1 aromatic heterocycles. The van der Waals surface area contributed by atoms with Crippen molar-refractivity contribution in [2.45, 2.75) is 11.7 Å². The summed E-state index contributed by atoms with van der Waals surface area (Å²) in [7, 11) is -3.03. The molecule has 1 aliphatic heterocycles. The Balaban J connectivity index is 2.08. The van der Waals surface area contributed by atoms with Crippen LogP contribution in [0.25, 0.3) is 0 Å². The van der Waals surface area contributed by atoms with Crippen molar-refractivity contribution in [2.75, 3.05) is 19.3 Å². The number of thiophene rings is 1. The Bertz CT molecular complexity index is 478. The van der Waals surface area contributed by atoms with E-state index in [4.69, 9.17) is 0 Å². The first-order valence-corrected chi connectivity index (χ1v) is 7.88. The molecule has 1 atom stereocenters. The van der Waals surface area contributed by atoms with Crippen LogP contribution in [0.3, 0.4) is 0 Å². The fourth-order valence-electron chi connectivity index (χ4n) is 1.83. The fourth-order valence-corrected chi connectivity index (χ4v) is 3.44. The second kappa shape index (κ2) is 4.18. The van der Waals surface area contributed by atoms with Crippen LogP contribution >= 0.6 is 11.3 Å². The van der Waals surface area contributed by atoms with E-state index < -0.39 is 15.1 Å². The predicted octanol–water partition coefficient (Wildman–Crippen LogP) is 1.01. The van der Waals surface area contributed by atoms with Crippen LogP contribution < -0.4 is 0 Å². The lowest BCUT2D eigenvalue weighted by molar-refractivity contribution is 0.0794. The number of carbonyl (C=O) groups is 1. The summed E-state index contributed by atoms with van der Waals surface area (Å²) in [5.74, 6) is -0.0626. The third-order valence-electron chi connectivity index (χ3n) is 2.81. The maximum Gasteiger partial charge on any atom is 0.254 e. The number of rotatable bonds is 2. The minimum Gasteiger partial charge on any atom is -0.337 e. The Morgan fingerprint density at radius 2 is 2.31 bits per heavy atom. The highest BCUT2D eigenvalue weighted by atomic mass is 32.2. The van der Waals surface area contributed by atoms with Gasteiger partial charge in [0.15, 0.2) is 9.84 Å². The molecule has 0 aromatic carbocycles. The summed E-state index contributed by atoms with van der Waals surface area (Å²) in [6, 6.07) is 1.76. The van der Waals surface area contributed by atoms with Gasteiger partial charge < -0.3 is 4.90 Å². The van der Waals surface area contributed by atoms with Gasteiger partial charge in [-0.05, 0) is 17.9 Å². The van der Waals surface area contributed by atoms with Crippen LogP contribution in [0.2, 0.25) is 0 Å². The van der Waals surface area contributed by atoms with E-state index in [0.717, 1.165) is 0 Å². The summed E-state index contributed by atoms with van der Waals surface area (Å²) < 4.78 is 22.7. The van der Waals surface area contributed by atoms with Gasteiger partial charge in [-0.15, -0.1) is 0 Å². The van der Waals surface area contributed by atoms with Gasteiger partial charge in [0, 0.05) is 24.7 Å². The Morgan fingerprint density at radius 3 is 2.81 bits per heavy atom. The van der Waals surface area contributed by atoms with Crippen molar-refractivity contribution < 1.29 is 13.2 Å². The third kappa shape index (κ3) is 2.27. The first kappa shape index (κ1) is 11.6. The molecule has 1 aliphatic rings. The Labute approximate surface area is 98.8 Å². The summed E-state index contributed by atoms with van der Waals surface area (Å²) >= 11 is 1.47. The molecule has 0 bridgehead atoms. The number of hydrogen-bond acceptors (Lipinski definition) is 4. The monoisotopic (exact) mass is 259 g/mol. The van der Waals surface area contributed by atoms with E-state index in [2.05, 4.69) is 0 Å². The van der Waals surface area contributed by atoms with Crippen LogP contribution in [0.1, 0.15) is 16.8 Å². The van der Waals surface area contributed by atoms with Crippen molar-refractivity contribution in [1.29, 1.82) is 0 Å². The van der Waals surface area contributed by atoms with E-state index in [1.807, 2.05) is 5.38 Å². The van der Waals surface area contributed by atoms with Gasteiger partial charge in [0.25, 0.3) is 5.91 Å². The van der Waals surface area contributed by atoms with Crippen LogP contribution in [0.4, 0.5) is 0 Å². The van der Waals surface area contributed by atoms with Crippen molar-refractivity contribution in [3.63, 3.8) is 0 Å². The highest BCUT2D eigenvalue weighted by Gasteiger charge is 2.32. The summed E-state index contributed by atoms with van der Waals surface area (Å²) in [5, 5.41) is 3.24. The van der Waals surface area contributed by atoms with Crippen LogP contribution in [0.15, 0.2) is 16.8 Å². The van der Waals surface area contributed by atoms with E-state index in [0.29, 0.717) is 25.1 Å². The largest absolute Gasteiger partial charge is 0.337 e. The van der Waals surface area contributed by atoms with Crippen molar-refractivity contribution in [3.05, 3.63) is 22.4 Å². The summed E-state index contributed by atoms with van der Waals surface area (Å²) in [6.45, 7) is 0.861. The second-order valence-corrected chi connectivity index (χ2v) is 7.11. The first-order chi connectivity index (χ1) is 7.48. The standard InChI is InChI=1S/C10H13NO3S2/c1-16(13,14)9-2-4-11(6-9)10(12)8-3-5-15-7-8/h3,5,7,9H,2,4,6H2,1H3. The number of likely N-dealkylation sites (tertiary alicyclic amines) is 1. The number of sulfone groups is 1. The van der Waals surface area contributed by atoms with Crippen LogP contribution in [-0.4, -0.2) is 43.8 Å². The quantitative estimate of drug-likeness (QED) is 0.796. The molecule has 2 heterocycles. The molecule has 0 N–H and O–H groups in total. The van der Waals surface area contributed by atoms with E-state index in [9.17, 15) is 13.2 Å². The Morgan fingerprint density at radius 1 is 1.56 bits per heavy atom. The Hall–Kier alpha value is -0.880. The smallest absolute Gasteiger partial charge is 0.254 e. The number of nitrogens with zero attached hydrogens (tertiary/aromatic N) is 1. The topological polar surface area (TPSA) is 54.5 Å². The molecule has 4 nitrogen and oxygen atoms in total. The molecule has 2 rings (SSSR count). The molecule has 1 fully saturated rings. The summed E-state index contributed by atoms with van der Waals surface area (Å²) in [4.78, 5) is 13.5. The van der Waals surface area contributed by atoms with Crippen LogP contribution in [0, 0.1) is 0 Å². The van der Waals surface area contributed by atoms with Crippen LogP contribution in [-0.2, 0) is 9.84 Å². The van der Waals surface area contributed by atoms with Gasteiger partial charge >= 0.3 is 0 Å². The average Bonchev–Trinajstić information content (AvgIpc) is 2.87. The number of carbonyl (C=O) groups excluding carboxylic acids is 1. The zero-order valence-corrected chi connectivity index (χ0v) is 10.6. The molecule has 1 saturated heterocycles. The third-order valence-corrected chi connectivity index (χ3v) is 5.08. The molecule has 1 unspecified atom stereocenters. The summed E-state index contributed by atoms with van der Waals surface area (Å²) in [5.41, 5.74) is 0.652. The minimum absolute atomic E-state index is 0.0626. The van der Waals surface area contributed by atoms with Gasteiger partial charge in [-0.2, -0.15) is 11.3 Å². The maximum absolute atomic E-state index is 11.9. The molecule has 0 saturated carbocycles. The van der Waals surface area contributed by atoms with Gasteiger partial charge in [-0.25, -0.2) is 8.42 Å². The van der Waals surface area contributed by atoms with Crippen molar-refractivity contribution in [3.8, 4) is 0 Å². The molecule has 6 heteroatoms. The normalized spacial score (nSPS) is 21.3. The molecule has 0 aliphatic carbocycles. The molecule has 0 radical (unpaired) electrons. The second-order valence-electron chi connectivity index (χ2n) is 4.00. The van der Waals surface area contributed by atoms with Gasteiger partial charge in [0.1, 0.15) is 0 Å². The van der Waals surface area contributed by atoms with E-state index >= 15 is 0 Å². The molecule has 1 aromatic rings. The lowest BCUT2D eigenvalue weighted by Crippen LogP contribution is -2.31. The zero-order valence-electron chi connectivity index (χ0n) is 8.92. The van der Waals surface area contributed by atoms with Crippen molar-refractivity contribution in [1.82, 2.24) is 4.90 Å². The SMILES string of the molecule is CS(=O)(=O)C1CCN(C(=O)c2ccsc2)C1.